The van der Waals surface area contributed by atoms with Crippen LogP contribution in [0, 0.1) is 0 Å². The number of nitrogens with one attached hydrogen (secondary N) is 1. The van der Waals surface area contributed by atoms with Crippen molar-refractivity contribution in [3.63, 3.8) is 0 Å². The molecule has 1 aromatic rings. The summed E-state index contributed by atoms with van der Waals surface area (Å²) in [6.45, 7) is 1.86. The zero-order valence-corrected chi connectivity index (χ0v) is 15.2. The molecule has 0 amide bonds. The molecular formula is C10H15Br2NO4S2. The van der Waals surface area contributed by atoms with Gasteiger partial charge in [0.05, 0.1) is 13.2 Å². The first-order chi connectivity index (χ1) is 8.68. The summed E-state index contributed by atoms with van der Waals surface area (Å²) in [6.07, 6.45) is 0.348. The van der Waals surface area contributed by atoms with Gasteiger partial charge >= 0.3 is 0 Å². The quantitative estimate of drug-likeness (QED) is 0.687. The van der Waals surface area contributed by atoms with Crippen molar-refractivity contribution in [2.45, 2.75) is 23.8 Å². The average Bonchev–Trinajstić information content (AvgIpc) is 2.65. The number of sulfonamides is 1. The predicted octanol–water partition coefficient (Wildman–Crippen LogP) is 2.34. The molecule has 1 unspecified atom stereocenters. The summed E-state index contributed by atoms with van der Waals surface area (Å²) in [4.78, 5) is 0.159. The van der Waals surface area contributed by atoms with Crippen LogP contribution in [0.1, 0.15) is 13.3 Å². The molecule has 0 aliphatic rings. The maximum Gasteiger partial charge on any atom is 0.242 e. The van der Waals surface area contributed by atoms with Gasteiger partial charge in [0.25, 0.3) is 0 Å². The van der Waals surface area contributed by atoms with E-state index in [1.807, 2.05) is 0 Å². The van der Waals surface area contributed by atoms with Crippen LogP contribution in [0.25, 0.3) is 0 Å². The Labute approximate surface area is 133 Å². The number of hydrogen-bond acceptors (Lipinski definition) is 5. The highest BCUT2D eigenvalue weighted by Gasteiger charge is 2.26. The molecular weight excluding hydrogens is 422 g/mol. The molecule has 1 rings (SSSR count). The van der Waals surface area contributed by atoms with Crippen LogP contribution in [0.5, 0.6) is 0 Å². The van der Waals surface area contributed by atoms with E-state index < -0.39 is 15.6 Å². The highest BCUT2D eigenvalue weighted by molar-refractivity contribution is 9.12. The SMILES string of the molecule is COCCC(C)(O)CNS(=O)(=O)c1cc(Br)sc1Br. The first-order valence-corrected chi connectivity index (χ1v) is 9.22. The summed E-state index contributed by atoms with van der Waals surface area (Å²) >= 11 is 7.71. The largest absolute Gasteiger partial charge is 0.389 e. The topological polar surface area (TPSA) is 75.6 Å². The van der Waals surface area contributed by atoms with Crippen LogP contribution in [0.4, 0.5) is 0 Å². The van der Waals surface area contributed by atoms with Gasteiger partial charge in [-0.3, -0.25) is 0 Å². The van der Waals surface area contributed by atoms with Crippen molar-refractivity contribution in [2.75, 3.05) is 20.3 Å². The van der Waals surface area contributed by atoms with Gasteiger partial charge in [-0.15, -0.1) is 11.3 Å². The number of halogens is 2. The second kappa shape index (κ2) is 6.97. The lowest BCUT2D eigenvalue weighted by atomic mass is 10.0. The first-order valence-electron chi connectivity index (χ1n) is 5.34. The molecule has 19 heavy (non-hydrogen) atoms. The van der Waals surface area contributed by atoms with Crippen LogP contribution >= 0.6 is 43.2 Å². The summed E-state index contributed by atoms with van der Waals surface area (Å²) < 4.78 is 32.7. The fourth-order valence-electron chi connectivity index (χ4n) is 1.25. The lowest BCUT2D eigenvalue weighted by Crippen LogP contribution is -2.41. The van der Waals surface area contributed by atoms with Gasteiger partial charge in [0.1, 0.15) is 4.90 Å². The zero-order chi connectivity index (χ0) is 14.7. The van der Waals surface area contributed by atoms with Crippen molar-refractivity contribution in [1.29, 1.82) is 0 Å². The molecule has 0 saturated heterocycles. The van der Waals surface area contributed by atoms with E-state index in [4.69, 9.17) is 4.74 Å². The van der Waals surface area contributed by atoms with E-state index in [0.29, 0.717) is 20.6 Å². The Morgan fingerprint density at radius 3 is 2.63 bits per heavy atom. The zero-order valence-electron chi connectivity index (χ0n) is 10.4. The molecule has 0 aromatic carbocycles. The Morgan fingerprint density at radius 1 is 1.53 bits per heavy atom. The molecule has 9 heteroatoms. The Balaban J connectivity index is 2.73. The fraction of sp³-hybridized carbons (Fsp3) is 0.600. The third kappa shape index (κ3) is 5.41. The molecule has 0 saturated carbocycles. The summed E-state index contributed by atoms with van der Waals surface area (Å²) in [7, 11) is -2.12. The van der Waals surface area contributed by atoms with Crippen LogP contribution in [0.3, 0.4) is 0 Å². The van der Waals surface area contributed by atoms with E-state index in [2.05, 4.69) is 36.6 Å². The van der Waals surface area contributed by atoms with Gasteiger partial charge < -0.3 is 9.84 Å². The van der Waals surface area contributed by atoms with Gasteiger partial charge in [-0.05, 0) is 44.8 Å². The minimum Gasteiger partial charge on any atom is -0.389 e. The molecule has 1 aromatic heterocycles. The van der Waals surface area contributed by atoms with E-state index in [1.165, 1.54) is 24.5 Å². The third-order valence-corrected chi connectivity index (χ3v) is 6.56. The molecule has 1 heterocycles. The lowest BCUT2D eigenvalue weighted by Gasteiger charge is -2.23. The Hall–Kier alpha value is 0.490. The minimum atomic E-state index is -3.65. The second-order valence-corrected chi connectivity index (χ2v) is 9.74. The monoisotopic (exact) mass is 435 g/mol. The normalized spacial score (nSPS) is 15.4. The van der Waals surface area contributed by atoms with Crippen molar-refractivity contribution in [3.05, 3.63) is 13.6 Å². The summed E-state index contributed by atoms with van der Waals surface area (Å²) in [5.74, 6) is 0. The summed E-state index contributed by atoms with van der Waals surface area (Å²) in [5.41, 5.74) is -1.15. The van der Waals surface area contributed by atoms with Crippen LogP contribution in [-0.4, -0.2) is 39.4 Å². The molecule has 0 bridgehead atoms. The standard InChI is InChI=1S/C10H15Br2NO4S2/c1-10(14,3-4-17-2)6-13-19(15,16)7-5-8(11)18-9(7)12/h5,13-14H,3-4,6H2,1-2H3. The highest BCUT2D eigenvalue weighted by Crippen LogP contribution is 2.34. The van der Waals surface area contributed by atoms with E-state index in [1.54, 1.807) is 6.92 Å². The molecule has 2 N–H and O–H groups in total. The van der Waals surface area contributed by atoms with Gasteiger partial charge in [-0.25, -0.2) is 13.1 Å². The first kappa shape index (κ1) is 17.5. The van der Waals surface area contributed by atoms with Crippen molar-refractivity contribution < 1.29 is 18.3 Å². The van der Waals surface area contributed by atoms with E-state index in [0.717, 1.165) is 0 Å². The smallest absolute Gasteiger partial charge is 0.242 e. The van der Waals surface area contributed by atoms with Crippen molar-refractivity contribution in [3.8, 4) is 0 Å². The number of aliphatic hydroxyl groups is 1. The van der Waals surface area contributed by atoms with E-state index >= 15 is 0 Å². The van der Waals surface area contributed by atoms with Gasteiger partial charge in [0.15, 0.2) is 0 Å². The maximum atomic E-state index is 12.1. The highest BCUT2D eigenvalue weighted by atomic mass is 79.9. The van der Waals surface area contributed by atoms with Crippen LogP contribution in [-0.2, 0) is 14.8 Å². The second-order valence-electron chi connectivity index (χ2n) is 4.25. The van der Waals surface area contributed by atoms with Gasteiger partial charge in [-0.1, -0.05) is 0 Å². The van der Waals surface area contributed by atoms with E-state index in [-0.39, 0.29) is 11.4 Å². The Morgan fingerprint density at radius 2 is 2.16 bits per heavy atom. The molecule has 0 aliphatic carbocycles. The molecule has 0 spiro atoms. The Bertz CT molecular complexity index is 528. The number of methoxy groups -OCH3 is 1. The molecule has 0 fully saturated rings. The number of ether oxygens (including phenoxy) is 1. The van der Waals surface area contributed by atoms with Crippen molar-refractivity contribution >= 4 is 53.2 Å². The van der Waals surface area contributed by atoms with Gasteiger partial charge in [0, 0.05) is 26.7 Å². The minimum absolute atomic E-state index is 0.0708. The van der Waals surface area contributed by atoms with Gasteiger partial charge in [-0.2, -0.15) is 0 Å². The number of thiophene rings is 1. The number of rotatable bonds is 7. The van der Waals surface area contributed by atoms with Gasteiger partial charge in [0.2, 0.25) is 10.0 Å². The van der Waals surface area contributed by atoms with Crippen LogP contribution in [0.2, 0.25) is 0 Å². The number of hydrogen-bond donors (Lipinski definition) is 2. The molecule has 0 aliphatic heterocycles. The average molecular weight is 437 g/mol. The Kier molecular flexibility index (Phi) is 6.43. The summed E-state index contributed by atoms with van der Waals surface area (Å²) in [6, 6.07) is 1.51. The van der Waals surface area contributed by atoms with Crippen LogP contribution < -0.4 is 4.72 Å². The predicted molar refractivity (Wildman–Crippen MR) is 82.0 cm³/mol. The molecule has 0 radical (unpaired) electrons. The molecule has 110 valence electrons. The van der Waals surface area contributed by atoms with Crippen molar-refractivity contribution in [1.82, 2.24) is 4.72 Å². The molecule has 5 nitrogen and oxygen atoms in total. The fourth-order valence-corrected chi connectivity index (χ4v) is 6.22. The maximum absolute atomic E-state index is 12.1. The lowest BCUT2D eigenvalue weighted by molar-refractivity contribution is 0.0292. The van der Waals surface area contributed by atoms with Crippen molar-refractivity contribution in [2.24, 2.45) is 0 Å². The molecule has 1 atom stereocenters. The summed E-state index contributed by atoms with van der Waals surface area (Å²) in [5, 5.41) is 10.0. The third-order valence-electron chi connectivity index (χ3n) is 2.40. The van der Waals surface area contributed by atoms with E-state index in [9.17, 15) is 13.5 Å². The van der Waals surface area contributed by atoms with Crippen LogP contribution in [0.15, 0.2) is 18.5 Å².